The molecule has 4 heterocycles. The molecule has 6 rings (SSSR count). The average molecular weight is 1230 g/mol. The summed E-state index contributed by atoms with van der Waals surface area (Å²) in [7, 11) is 0. The number of nitrogens with one attached hydrogen (secondary N) is 5. The summed E-state index contributed by atoms with van der Waals surface area (Å²) < 4.78 is 15.0. The smallest absolute Gasteiger partial charge is 0.261 e. The van der Waals surface area contributed by atoms with E-state index < -0.39 is 182 Å². The second kappa shape index (κ2) is 31.3. The molecule has 14 unspecified atom stereocenters. The van der Waals surface area contributed by atoms with E-state index in [1.807, 2.05) is 5.32 Å². The van der Waals surface area contributed by atoms with Gasteiger partial charge in [-0.1, -0.05) is 55.0 Å². The van der Waals surface area contributed by atoms with E-state index in [0.717, 1.165) is 57.2 Å². The minimum atomic E-state index is -2.56. The van der Waals surface area contributed by atoms with Crippen LogP contribution in [0, 0.1) is 5.92 Å². The molecule has 0 spiro atoms. The van der Waals surface area contributed by atoms with Crippen LogP contribution in [0.2, 0.25) is 0 Å². The van der Waals surface area contributed by atoms with Gasteiger partial charge in [0.05, 0.1) is 48.7 Å². The number of hydrogen-bond donors (Lipinski definition) is 16. The van der Waals surface area contributed by atoms with Crippen molar-refractivity contribution in [2.75, 3.05) is 19.7 Å². The Bertz CT molecular complexity index is 2840. The maximum atomic E-state index is 14.7. The van der Waals surface area contributed by atoms with Crippen LogP contribution in [-0.4, -0.2) is 212 Å². The number of carbonyl (C=O) groups excluding carboxylic acids is 8. The van der Waals surface area contributed by atoms with Gasteiger partial charge in [-0.3, -0.25) is 43.3 Å². The number of ether oxygens (including phenoxy) is 1. The second-order valence-corrected chi connectivity index (χ2v) is 21.6. The maximum Gasteiger partial charge on any atom is 0.261 e. The highest BCUT2D eigenvalue weighted by Crippen LogP contribution is 2.34. The van der Waals surface area contributed by atoms with Gasteiger partial charge in [0.2, 0.25) is 41.4 Å². The quantitative estimate of drug-likeness (QED) is 0.0216. The van der Waals surface area contributed by atoms with E-state index in [0.29, 0.717) is 33.4 Å². The van der Waals surface area contributed by atoms with E-state index in [-0.39, 0.29) is 23.5 Å². The number of phenols is 1. The van der Waals surface area contributed by atoms with Crippen LogP contribution in [0.1, 0.15) is 94.2 Å². The summed E-state index contributed by atoms with van der Waals surface area (Å²) in [6, 6.07) is -0.0248. The third-order valence-corrected chi connectivity index (χ3v) is 15.1. The molecule has 32 heteroatoms. The highest BCUT2D eigenvalue weighted by Gasteiger charge is 2.51. The number of aromatic nitrogens is 1. The van der Waals surface area contributed by atoms with Crippen molar-refractivity contribution >= 4 is 59.6 Å². The number of hydrogen-bond acceptors (Lipinski definition) is 24. The van der Waals surface area contributed by atoms with Gasteiger partial charge >= 0.3 is 0 Å². The second-order valence-electron chi connectivity index (χ2n) is 21.2. The van der Waals surface area contributed by atoms with Gasteiger partial charge in [-0.15, -0.1) is 0 Å². The summed E-state index contributed by atoms with van der Waals surface area (Å²) in [4.78, 5) is 119. The van der Waals surface area contributed by atoms with E-state index in [1.165, 1.54) is 25.3 Å². The van der Waals surface area contributed by atoms with E-state index in [4.69, 9.17) is 19.9 Å². The molecule has 0 bridgehead atoms. The first-order valence-electron chi connectivity index (χ1n) is 27.5. The Morgan fingerprint density at radius 2 is 1.48 bits per heavy atom. The number of aliphatic hydroxyl groups excluding tert-OH is 8. The van der Waals surface area contributed by atoms with Crippen molar-refractivity contribution in [1.29, 1.82) is 0 Å². The minimum Gasteiger partial charge on any atom is -0.504 e. The molecule has 1 aromatic heterocycles. The Morgan fingerprint density at radius 1 is 0.802 bits per heavy atom. The number of nitrogens with zero attached hydrogens (tertiary/aromatic N) is 3. The summed E-state index contributed by atoms with van der Waals surface area (Å²) in [5.41, 5.74) is 5.93. The number of pyridine rings is 1. The molecule has 8 amide bonds. The maximum absolute atomic E-state index is 14.7. The van der Waals surface area contributed by atoms with E-state index in [1.54, 1.807) is 24.3 Å². The zero-order valence-electron chi connectivity index (χ0n) is 46.9. The van der Waals surface area contributed by atoms with Crippen molar-refractivity contribution in [1.82, 2.24) is 41.4 Å². The topological polar surface area (TPSA) is 481 Å². The van der Waals surface area contributed by atoms with E-state index >= 15 is 0 Å². The minimum absolute atomic E-state index is 0.0348. The summed E-state index contributed by atoms with van der Waals surface area (Å²) in [6.45, 7) is 3.89. The third-order valence-electron chi connectivity index (χ3n) is 14.7. The van der Waals surface area contributed by atoms with Crippen molar-refractivity contribution in [3.63, 3.8) is 0 Å². The molecule has 3 fully saturated rings. The van der Waals surface area contributed by atoms with Crippen LogP contribution >= 0.6 is 12.3 Å². The Balaban J connectivity index is 1.36. The van der Waals surface area contributed by atoms with Gasteiger partial charge in [0.25, 0.3) is 18.2 Å². The van der Waals surface area contributed by atoms with E-state index in [2.05, 4.69) is 42.5 Å². The standard InChI is InChI=1S/C54H73N9O22S/c1-4-5-6-7-8-17-82-31-13-9-27(10-14-31)32-15-11-29(22-56-32)47(73)57-33-20-37(68)50(76)61-52(78)43-44(70)25(2)23-63(43)54(80)41(36(67)21-39(55)69)59-51(77)42(46(72)45(71)28-12-16-35(66)38(18-28)83-86-85-84-81)60-49(75)34-19-30(65)24-62(34)53(79)40(26(3)64)58-48(33)74/h9-16,18,22,25-26,30,33-34,36-37,40-46,50,64-68,70-72,76,81H,4-8,17,19-21,23-24H2,1-3H3,(H2,55,69)(H,57,73)(H,58,74)(H,59,77)(H,60,75)(H,61,78)/t25?,26?,30?,33-,34?,36?,37?,40?,41?,42?,43?,44?,45?,46?,50?/m0/s1. The predicted octanol–water partition coefficient (Wildman–Crippen LogP) is -3.20. The summed E-state index contributed by atoms with van der Waals surface area (Å²) in [5, 5.41) is 124. The fraction of sp³-hybridized carbons (Fsp3) is 0.537. The van der Waals surface area contributed by atoms with Crippen molar-refractivity contribution < 1.29 is 108 Å². The number of amides is 8. The molecule has 472 valence electrons. The lowest BCUT2D eigenvalue weighted by Gasteiger charge is -2.34. The number of fused-ring (bicyclic) bond motifs is 2. The lowest BCUT2D eigenvalue weighted by molar-refractivity contribution is -0.433. The number of phenolic OH excluding ortho intramolecular Hbond substituents is 1. The Labute approximate surface area is 496 Å². The van der Waals surface area contributed by atoms with Crippen LogP contribution in [0.25, 0.3) is 11.3 Å². The van der Waals surface area contributed by atoms with Crippen LogP contribution in [0.3, 0.4) is 0 Å². The van der Waals surface area contributed by atoms with E-state index in [9.17, 15) is 84.3 Å². The zero-order valence-corrected chi connectivity index (χ0v) is 47.7. The lowest BCUT2D eigenvalue weighted by Crippen LogP contribution is -2.64. The number of unbranched alkanes of at least 4 members (excludes halogenated alkanes) is 4. The molecular weight excluding hydrogens is 1160 g/mol. The van der Waals surface area contributed by atoms with Crippen molar-refractivity contribution in [2.45, 2.75) is 157 Å². The molecule has 86 heavy (non-hydrogen) atoms. The molecule has 3 aromatic rings. The SMILES string of the molecule is CCCCCCCOc1ccc(-c2ccc(C(=O)N[C@H]3CC(O)C(O)NC(=O)C4C(O)C(C)CN4C(=O)C(C(O)CC(N)=O)NC(=O)C(C(O)C(O)c4ccc(O)c(OSOOO)c4)NC(=O)C4CC(O)CN4C(=O)C(C(C)O)NC3=O)cn2)cc1. The lowest BCUT2D eigenvalue weighted by atomic mass is 9.96. The van der Waals surface area contributed by atoms with Crippen molar-refractivity contribution in [3.05, 3.63) is 71.9 Å². The summed E-state index contributed by atoms with van der Waals surface area (Å²) in [6.07, 6.45) is -13.1. The van der Waals surface area contributed by atoms with Crippen molar-refractivity contribution in [3.8, 4) is 28.5 Å². The molecule has 15 atom stereocenters. The first-order chi connectivity index (χ1) is 40.8. The summed E-state index contributed by atoms with van der Waals surface area (Å²) in [5.74, 6) is -12.1. The monoisotopic (exact) mass is 1230 g/mol. The van der Waals surface area contributed by atoms with Gasteiger partial charge < -0.3 is 97.0 Å². The van der Waals surface area contributed by atoms with Crippen LogP contribution in [0.4, 0.5) is 0 Å². The van der Waals surface area contributed by atoms with Crippen LogP contribution in [0.5, 0.6) is 17.2 Å². The molecule has 31 nitrogen and oxygen atoms in total. The van der Waals surface area contributed by atoms with Gasteiger partial charge in [-0.2, -0.15) is 0 Å². The summed E-state index contributed by atoms with van der Waals surface area (Å²) >= 11 is -0.0348. The first kappa shape index (κ1) is 67.8. The molecule has 17 N–H and O–H groups in total. The number of rotatable bonds is 21. The van der Waals surface area contributed by atoms with Gasteiger partial charge in [-0.25, -0.2) is 5.26 Å². The highest BCUT2D eigenvalue weighted by atomic mass is 32.2. The zero-order chi connectivity index (χ0) is 63.1. The van der Waals surface area contributed by atoms with Crippen molar-refractivity contribution in [2.24, 2.45) is 11.7 Å². The van der Waals surface area contributed by atoms with Crippen LogP contribution < -0.4 is 41.2 Å². The number of carbonyl (C=O) groups is 8. The predicted molar refractivity (Wildman–Crippen MR) is 296 cm³/mol. The number of benzene rings is 2. The number of primary amides is 1. The van der Waals surface area contributed by atoms with Gasteiger partial charge in [0, 0.05) is 43.6 Å². The third kappa shape index (κ3) is 17.4. The largest absolute Gasteiger partial charge is 0.504 e. The molecule has 3 aliphatic rings. The fourth-order valence-corrected chi connectivity index (χ4v) is 10.3. The molecule has 3 saturated heterocycles. The van der Waals surface area contributed by atoms with Gasteiger partial charge in [0.15, 0.2) is 17.7 Å². The Hall–Kier alpha value is -7.34. The highest BCUT2D eigenvalue weighted by molar-refractivity contribution is 7.90. The fourth-order valence-electron chi connectivity index (χ4n) is 10.0. The van der Waals surface area contributed by atoms with Crippen LogP contribution in [-0.2, 0) is 42.9 Å². The molecular formula is C54H73N9O22S. The first-order valence-corrected chi connectivity index (χ1v) is 28.2. The van der Waals surface area contributed by atoms with Gasteiger partial charge in [0.1, 0.15) is 60.3 Å². The molecule has 0 saturated carbocycles. The number of aromatic hydroxyl groups is 1. The average Bonchev–Trinajstić information content (AvgIpc) is 2.50. The Morgan fingerprint density at radius 3 is 2.13 bits per heavy atom. The molecule has 0 aliphatic carbocycles. The van der Waals surface area contributed by atoms with Crippen LogP contribution in [0.15, 0.2) is 60.8 Å². The molecule has 2 aromatic carbocycles. The molecule has 0 radical (unpaired) electrons. The normalized spacial score (nSPS) is 26.8. The Kier molecular flexibility index (Phi) is 24.7. The molecule has 3 aliphatic heterocycles. The number of nitrogens with two attached hydrogens (primary N) is 1. The number of aliphatic hydroxyl groups is 8. The van der Waals surface area contributed by atoms with Gasteiger partial charge in [-0.05, 0) is 67.4 Å².